The van der Waals surface area contributed by atoms with E-state index in [0.29, 0.717) is 22.0 Å². The fraction of sp³-hybridized carbons (Fsp3) is 0.278. The average Bonchev–Trinajstić information content (AvgIpc) is 2.91. The molecule has 0 spiro atoms. The van der Waals surface area contributed by atoms with Crippen molar-refractivity contribution < 1.29 is 9.59 Å². The molecule has 0 fully saturated rings. The zero-order valence-corrected chi connectivity index (χ0v) is 17.9. The first kappa shape index (κ1) is 19.2. The second kappa shape index (κ2) is 8.01. The summed E-state index contributed by atoms with van der Waals surface area (Å²) < 4.78 is 0.963. The number of carbonyl (C=O) groups is 2. The van der Waals surface area contributed by atoms with Crippen LogP contribution < -0.4 is 16.4 Å². The van der Waals surface area contributed by atoms with Crippen molar-refractivity contribution in [2.75, 3.05) is 5.32 Å². The number of rotatable bonds is 3. The Morgan fingerprint density at radius 2 is 2.15 bits per heavy atom. The standard InChI is InChI=1S/C18H18IN3O2S2/c1-9-5-6-12-13(7-9)26-17(14(12)15(20)23)22-18(25)21-16(24)10-3-2-4-11(19)8-10/h2-4,8-9H,5-7H2,1H3,(H2,20,23)(H2,21,22,24,25). The van der Waals surface area contributed by atoms with E-state index >= 15 is 0 Å². The van der Waals surface area contributed by atoms with Gasteiger partial charge in [-0.1, -0.05) is 13.0 Å². The van der Waals surface area contributed by atoms with Gasteiger partial charge >= 0.3 is 0 Å². The van der Waals surface area contributed by atoms with Crippen LogP contribution >= 0.6 is 46.1 Å². The van der Waals surface area contributed by atoms with E-state index in [4.69, 9.17) is 18.0 Å². The van der Waals surface area contributed by atoms with Gasteiger partial charge in [0.1, 0.15) is 5.00 Å². The fourth-order valence-corrected chi connectivity index (χ4v) is 5.26. The number of hydrogen-bond donors (Lipinski definition) is 3. The highest BCUT2D eigenvalue weighted by molar-refractivity contribution is 14.1. The molecule has 1 unspecified atom stereocenters. The van der Waals surface area contributed by atoms with Crippen molar-refractivity contribution in [2.45, 2.75) is 26.2 Å². The third-order valence-corrected chi connectivity index (χ3v) is 6.34. The molecule has 1 aliphatic carbocycles. The van der Waals surface area contributed by atoms with Crippen LogP contribution in [0.1, 0.15) is 44.5 Å². The van der Waals surface area contributed by atoms with Gasteiger partial charge in [0.15, 0.2) is 5.11 Å². The number of nitrogens with one attached hydrogen (secondary N) is 2. The van der Waals surface area contributed by atoms with E-state index in [1.54, 1.807) is 12.1 Å². The number of benzene rings is 1. The minimum atomic E-state index is -0.466. The highest BCUT2D eigenvalue weighted by Gasteiger charge is 2.27. The number of amides is 2. The molecule has 1 atom stereocenters. The number of fused-ring (bicyclic) bond motifs is 1. The molecule has 26 heavy (non-hydrogen) atoms. The van der Waals surface area contributed by atoms with Crippen LogP contribution in [0.15, 0.2) is 24.3 Å². The summed E-state index contributed by atoms with van der Waals surface area (Å²) in [5.41, 5.74) is 7.65. The lowest BCUT2D eigenvalue weighted by atomic mass is 9.88. The van der Waals surface area contributed by atoms with Crippen LogP contribution in [-0.2, 0) is 12.8 Å². The molecule has 8 heteroatoms. The van der Waals surface area contributed by atoms with E-state index in [-0.39, 0.29) is 11.0 Å². The number of thiophene rings is 1. The van der Waals surface area contributed by atoms with Gasteiger partial charge in [0.05, 0.1) is 5.56 Å². The lowest BCUT2D eigenvalue weighted by molar-refractivity contribution is 0.0975. The van der Waals surface area contributed by atoms with Crippen LogP contribution in [0.3, 0.4) is 0 Å². The third kappa shape index (κ3) is 4.24. The SMILES string of the molecule is CC1CCc2c(sc(NC(=S)NC(=O)c3cccc(I)c3)c2C(N)=O)C1. The molecule has 1 aromatic heterocycles. The van der Waals surface area contributed by atoms with E-state index in [2.05, 4.69) is 40.1 Å². The number of carbonyl (C=O) groups excluding carboxylic acids is 2. The van der Waals surface area contributed by atoms with Gasteiger partial charge in [-0.3, -0.25) is 14.9 Å². The first-order valence-electron chi connectivity index (χ1n) is 8.17. The first-order valence-corrected chi connectivity index (χ1v) is 10.5. The van der Waals surface area contributed by atoms with Crippen molar-refractivity contribution in [1.82, 2.24) is 5.32 Å². The van der Waals surface area contributed by atoms with Gasteiger partial charge in [0.2, 0.25) is 0 Å². The Hall–Kier alpha value is -1.52. The molecule has 3 rings (SSSR count). The molecule has 4 N–H and O–H groups in total. The van der Waals surface area contributed by atoms with Crippen LogP contribution in [0.2, 0.25) is 0 Å². The van der Waals surface area contributed by atoms with Gasteiger partial charge in [-0.05, 0) is 83.8 Å². The summed E-state index contributed by atoms with van der Waals surface area (Å²) >= 11 is 8.91. The topological polar surface area (TPSA) is 84.2 Å². The summed E-state index contributed by atoms with van der Waals surface area (Å²) in [6.45, 7) is 2.20. The molecule has 2 aromatic rings. The lowest BCUT2D eigenvalue weighted by Gasteiger charge is -2.18. The molecule has 1 aliphatic rings. The number of nitrogens with two attached hydrogens (primary N) is 1. The zero-order chi connectivity index (χ0) is 18.8. The van der Waals surface area contributed by atoms with Gasteiger partial charge in [0.25, 0.3) is 11.8 Å². The molecule has 0 radical (unpaired) electrons. The summed E-state index contributed by atoms with van der Waals surface area (Å²) in [6.07, 6.45) is 2.81. The highest BCUT2D eigenvalue weighted by atomic mass is 127. The monoisotopic (exact) mass is 499 g/mol. The van der Waals surface area contributed by atoms with E-state index in [9.17, 15) is 9.59 Å². The lowest BCUT2D eigenvalue weighted by Crippen LogP contribution is -2.34. The summed E-state index contributed by atoms with van der Waals surface area (Å²) in [6, 6.07) is 7.22. The molecule has 0 aliphatic heterocycles. The van der Waals surface area contributed by atoms with Gasteiger partial charge in [0, 0.05) is 14.0 Å². The maximum atomic E-state index is 12.3. The second-order valence-corrected chi connectivity index (χ2v) is 9.10. The van der Waals surface area contributed by atoms with E-state index in [1.165, 1.54) is 16.2 Å². The summed E-state index contributed by atoms with van der Waals surface area (Å²) in [5.74, 6) is -0.176. The molecule has 0 saturated carbocycles. The molecule has 0 saturated heterocycles. The van der Waals surface area contributed by atoms with Gasteiger partial charge in [-0.15, -0.1) is 11.3 Å². The highest BCUT2D eigenvalue weighted by Crippen LogP contribution is 2.39. The normalized spacial score (nSPS) is 15.8. The summed E-state index contributed by atoms with van der Waals surface area (Å²) in [5, 5.41) is 6.43. The number of halogens is 1. The fourth-order valence-electron chi connectivity index (χ4n) is 3.04. The molecule has 2 amide bonds. The van der Waals surface area contributed by atoms with Crippen molar-refractivity contribution >= 4 is 68.1 Å². The number of anilines is 1. The van der Waals surface area contributed by atoms with Crippen LogP contribution in [-0.4, -0.2) is 16.9 Å². The Balaban J connectivity index is 1.77. The van der Waals surface area contributed by atoms with E-state index < -0.39 is 5.91 Å². The smallest absolute Gasteiger partial charge is 0.257 e. The minimum Gasteiger partial charge on any atom is -0.365 e. The molecule has 5 nitrogen and oxygen atoms in total. The van der Waals surface area contributed by atoms with Crippen LogP contribution in [0, 0.1) is 9.49 Å². The van der Waals surface area contributed by atoms with Crippen LogP contribution in [0.25, 0.3) is 0 Å². The number of primary amides is 1. The number of thiocarbonyl (C=S) groups is 1. The third-order valence-electron chi connectivity index (χ3n) is 4.30. The van der Waals surface area contributed by atoms with Gasteiger partial charge in [-0.2, -0.15) is 0 Å². The van der Waals surface area contributed by atoms with Crippen molar-refractivity contribution in [3.63, 3.8) is 0 Å². The average molecular weight is 499 g/mol. The summed E-state index contributed by atoms with van der Waals surface area (Å²) in [7, 11) is 0. The Morgan fingerprint density at radius 1 is 1.38 bits per heavy atom. The van der Waals surface area contributed by atoms with Crippen molar-refractivity contribution in [3.05, 3.63) is 49.4 Å². The Morgan fingerprint density at radius 3 is 2.85 bits per heavy atom. The van der Waals surface area contributed by atoms with Crippen molar-refractivity contribution in [1.29, 1.82) is 0 Å². The molecular weight excluding hydrogens is 481 g/mol. The molecule has 1 aromatic carbocycles. The van der Waals surface area contributed by atoms with Gasteiger partial charge in [-0.25, -0.2) is 0 Å². The molecule has 0 bridgehead atoms. The predicted molar refractivity (Wildman–Crippen MR) is 117 cm³/mol. The quantitative estimate of drug-likeness (QED) is 0.444. The predicted octanol–water partition coefficient (Wildman–Crippen LogP) is 3.70. The minimum absolute atomic E-state index is 0.156. The Labute approximate surface area is 174 Å². The second-order valence-electron chi connectivity index (χ2n) is 6.34. The maximum Gasteiger partial charge on any atom is 0.257 e. The molecule has 1 heterocycles. The van der Waals surface area contributed by atoms with E-state index in [0.717, 1.165) is 28.4 Å². The van der Waals surface area contributed by atoms with Crippen LogP contribution in [0.5, 0.6) is 0 Å². The largest absolute Gasteiger partial charge is 0.365 e. The molecule has 136 valence electrons. The van der Waals surface area contributed by atoms with Crippen molar-refractivity contribution in [2.24, 2.45) is 11.7 Å². The number of hydrogen-bond acceptors (Lipinski definition) is 4. The van der Waals surface area contributed by atoms with E-state index in [1.807, 2.05) is 12.1 Å². The van der Waals surface area contributed by atoms with Crippen molar-refractivity contribution in [3.8, 4) is 0 Å². The Bertz CT molecular complexity index is 895. The first-order chi connectivity index (χ1) is 12.3. The molecular formula is C18H18IN3O2S2. The Kier molecular flexibility index (Phi) is 5.93. The van der Waals surface area contributed by atoms with Gasteiger partial charge < -0.3 is 11.1 Å². The summed E-state index contributed by atoms with van der Waals surface area (Å²) in [4.78, 5) is 25.5. The zero-order valence-electron chi connectivity index (χ0n) is 14.1. The maximum absolute atomic E-state index is 12.3. The van der Waals surface area contributed by atoms with Crippen LogP contribution in [0.4, 0.5) is 5.00 Å².